The number of halogens is 1. The summed E-state index contributed by atoms with van der Waals surface area (Å²) < 4.78 is 0. The van der Waals surface area contributed by atoms with Crippen molar-refractivity contribution in [3.8, 4) is 0 Å². The van der Waals surface area contributed by atoms with E-state index in [9.17, 15) is 4.79 Å². The minimum atomic E-state index is -0.555. The van der Waals surface area contributed by atoms with E-state index in [0.29, 0.717) is 11.0 Å². The summed E-state index contributed by atoms with van der Waals surface area (Å²) in [6.07, 6.45) is 0. The van der Waals surface area contributed by atoms with Gasteiger partial charge in [0.25, 0.3) is 0 Å². The molecule has 1 aromatic heterocycles. The number of nitrogens with zero attached hydrogens (tertiary/aromatic N) is 1. The highest BCUT2D eigenvalue weighted by Crippen LogP contribution is 2.08. The molecule has 4 nitrogen and oxygen atoms in total. The van der Waals surface area contributed by atoms with Crippen LogP contribution in [0.5, 0.6) is 0 Å². The zero-order valence-corrected chi connectivity index (χ0v) is 7.88. The zero-order chi connectivity index (χ0) is 9.84. The molecule has 1 aromatic rings. The smallest absolute Gasteiger partial charge is 0.242 e. The lowest BCUT2D eigenvalue weighted by Crippen LogP contribution is -2.32. The maximum atomic E-state index is 11.1. The van der Waals surface area contributed by atoms with Gasteiger partial charge >= 0.3 is 0 Å². The molecular formula is C8H10ClN3O. The number of carbonyl (C=O) groups is 1. The van der Waals surface area contributed by atoms with Crippen molar-refractivity contribution in [1.29, 1.82) is 0 Å². The Labute approximate surface area is 81.1 Å². The molecule has 0 saturated carbocycles. The van der Waals surface area contributed by atoms with Crippen molar-refractivity contribution in [2.75, 3.05) is 5.32 Å². The lowest BCUT2D eigenvalue weighted by atomic mass is 10.3. The number of amides is 1. The van der Waals surface area contributed by atoms with Crippen LogP contribution in [0.3, 0.4) is 0 Å². The molecule has 1 amide bonds. The number of pyridine rings is 1. The highest BCUT2D eigenvalue weighted by molar-refractivity contribution is 6.29. The predicted molar refractivity (Wildman–Crippen MR) is 51.5 cm³/mol. The third-order valence-electron chi connectivity index (χ3n) is 1.38. The first-order chi connectivity index (χ1) is 6.09. The van der Waals surface area contributed by atoms with Gasteiger partial charge in [-0.2, -0.15) is 0 Å². The van der Waals surface area contributed by atoms with Crippen molar-refractivity contribution in [2.45, 2.75) is 13.0 Å². The van der Waals surface area contributed by atoms with Crippen LogP contribution < -0.4 is 11.1 Å². The minimum Gasteiger partial charge on any atom is -0.320 e. The van der Waals surface area contributed by atoms with E-state index < -0.39 is 6.04 Å². The molecule has 0 aliphatic rings. The van der Waals surface area contributed by atoms with Gasteiger partial charge < -0.3 is 11.1 Å². The van der Waals surface area contributed by atoms with Gasteiger partial charge in [0.15, 0.2) is 0 Å². The molecule has 1 atom stereocenters. The summed E-state index contributed by atoms with van der Waals surface area (Å²) in [4.78, 5) is 15.0. The Kier molecular flexibility index (Phi) is 3.22. The van der Waals surface area contributed by atoms with Gasteiger partial charge in [-0.3, -0.25) is 4.79 Å². The number of anilines is 1. The number of nitrogens with two attached hydrogens (primary N) is 1. The fourth-order valence-electron chi connectivity index (χ4n) is 0.718. The van der Waals surface area contributed by atoms with Gasteiger partial charge in [0.2, 0.25) is 5.91 Å². The Balaban J connectivity index is 2.69. The molecule has 0 radical (unpaired) electrons. The predicted octanol–water partition coefficient (Wildman–Crippen LogP) is 1.02. The third-order valence-corrected chi connectivity index (χ3v) is 1.59. The summed E-state index contributed by atoms with van der Waals surface area (Å²) in [5.41, 5.74) is 5.35. The van der Waals surface area contributed by atoms with Gasteiger partial charge in [-0.05, 0) is 19.1 Å². The maximum absolute atomic E-state index is 11.1. The number of aromatic nitrogens is 1. The van der Waals surface area contributed by atoms with Crippen LogP contribution in [0.2, 0.25) is 5.15 Å². The van der Waals surface area contributed by atoms with Gasteiger partial charge in [0.05, 0.1) is 6.04 Å². The SMILES string of the molecule is CC(N)C(=O)Nc1cccc(Cl)n1. The van der Waals surface area contributed by atoms with Crippen molar-refractivity contribution in [2.24, 2.45) is 5.73 Å². The molecule has 0 aromatic carbocycles. The molecule has 1 heterocycles. The molecule has 0 spiro atoms. The molecule has 0 saturated heterocycles. The van der Waals surface area contributed by atoms with E-state index in [4.69, 9.17) is 17.3 Å². The minimum absolute atomic E-state index is 0.283. The molecule has 0 fully saturated rings. The number of hydrogen-bond acceptors (Lipinski definition) is 3. The van der Waals surface area contributed by atoms with Crippen LogP contribution in [0.25, 0.3) is 0 Å². The average molecular weight is 200 g/mol. The molecule has 0 aliphatic carbocycles. The van der Waals surface area contributed by atoms with Crippen LogP contribution in [0, 0.1) is 0 Å². The zero-order valence-electron chi connectivity index (χ0n) is 7.12. The van der Waals surface area contributed by atoms with Gasteiger partial charge in [-0.1, -0.05) is 17.7 Å². The van der Waals surface area contributed by atoms with Crippen molar-refractivity contribution >= 4 is 23.3 Å². The summed E-state index contributed by atoms with van der Waals surface area (Å²) in [5, 5.41) is 2.86. The molecule has 70 valence electrons. The Hall–Kier alpha value is -1.13. The summed E-state index contributed by atoms with van der Waals surface area (Å²) in [5.74, 6) is 0.129. The Morgan fingerprint density at radius 2 is 2.38 bits per heavy atom. The fourth-order valence-corrected chi connectivity index (χ4v) is 0.882. The molecule has 1 unspecified atom stereocenters. The lowest BCUT2D eigenvalue weighted by Gasteiger charge is -2.06. The Morgan fingerprint density at radius 3 is 2.92 bits per heavy atom. The average Bonchev–Trinajstić information content (AvgIpc) is 2.04. The highest BCUT2D eigenvalue weighted by atomic mass is 35.5. The lowest BCUT2D eigenvalue weighted by molar-refractivity contribution is -0.117. The van der Waals surface area contributed by atoms with Crippen molar-refractivity contribution in [1.82, 2.24) is 4.98 Å². The molecule has 0 bridgehead atoms. The second-order valence-corrected chi connectivity index (χ2v) is 3.01. The normalized spacial score (nSPS) is 12.2. The van der Waals surface area contributed by atoms with E-state index in [1.807, 2.05) is 0 Å². The highest BCUT2D eigenvalue weighted by Gasteiger charge is 2.07. The van der Waals surface area contributed by atoms with E-state index in [2.05, 4.69) is 10.3 Å². The quantitative estimate of drug-likeness (QED) is 0.699. The van der Waals surface area contributed by atoms with Crippen molar-refractivity contribution in [3.05, 3.63) is 23.4 Å². The first-order valence-electron chi connectivity index (χ1n) is 3.78. The van der Waals surface area contributed by atoms with Crippen molar-refractivity contribution in [3.63, 3.8) is 0 Å². The maximum Gasteiger partial charge on any atom is 0.242 e. The molecule has 13 heavy (non-hydrogen) atoms. The van der Waals surface area contributed by atoms with Gasteiger partial charge in [0, 0.05) is 0 Å². The first kappa shape index (κ1) is 9.95. The molecule has 3 N–H and O–H groups in total. The summed E-state index contributed by atoms with van der Waals surface area (Å²) >= 11 is 5.61. The van der Waals surface area contributed by atoms with E-state index in [1.54, 1.807) is 25.1 Å². The molecular weight excluding hydrogens is 190 g/mol. The van der Waals surface area contributed by atoms with E-state index in [0.717, 1.165) is 0 Å². The molecule has 5 heteroatoms. The van der Waals surface area contributed by atoms with Crippen LogP contribution in [0.4, 0.5) is 5.82 Å². The summed E-state index contributed by atoms with van der Waals surface area (Å²) in [6.45, 7) is 1.60. The van der Waals surface area contributed by atoms with Crippen LogP contribution >= 0.6 is 11.6 Å². The fraction of sp³-hybridized carbons (Fsp3) is 0.250. The number of rotatable bonds is 2. The third kappa shape index (κ3) is 3.01. The second-order valence-electron chi connectivity index (χ2n) is 2.62. The largest absolute Gasteiger partial charge is 0.320 e. The van der Waals surface area contributed by atoms with Crippen molar-refractivity contribution < 1.29 is 4.79 Å². The number of hydrogen-bond donors (Lipinski definition) is 2. The Bertz CT molecular complexity index is 314. The number of nitrogens with one attached hydrogen (secondary N) is 1. The molecule has 1 rings (SSSR count). The standard InChI is InChI=1S/C8H10ClN3O/c1-5(10)8(13)12-7-4-2-3-6(9)11-7/h2-5H,10H2,1H3,(H,11,12,13). The van der Waals surface area contributed by atoms with Gasteiger partial charge in [-0.25, -0.2) is 4.98 Å². The summed E-state index contributed by atoms with van der Waals surface area (Å²) in [6, 6.07) is 4.42. The van der Waals surface area contributed by atoms with Gasteiger partial charge in [0.1, 0.15) is 11.0 Å². The van der Waals surface area contributed by atoms with Crippen LogP contribution in [-0.2, 0) is 4.79 Å². The van der Waals surface area contributed by atoms with Crippen LogP contribution in [0.1, 0.15) is 6.92 Å². The topological polar surface area (TPSA) is 68.0 Å². The monoisotopic (exact) mass is 199 g/mol. The number of carbonyl (C=O) groups excluding carboxylic acids is 1. The van der Waals surface area contributed by atoms with E-state index >= 15 is 0 Å². The van der Waals surface area contributed by atoms with E-state index in [1.165, 1.54) is 0 Å². The first-order valence-corrected chi connectivity index (χ1v) is 4.16. The second kappa shape index (κ2) is 4.20. The molecule has 0 aliphatic heterocycles. The van der Waals surface area contributed by atoms with E-state index in [-0.39, 0.29) is 5.91 Å². The summed E-state index contributed by atoms with van der Waals surface area (Å²) in [7, 11) is 0. The Morgan fingerprint density at radius 1 is 1.69 bits per heavy atom. The van der Waals surface area contributed by atoms with Crippen LogP contribution in [-0.4, -0.2) is 16.9 Å². The van der Waals surface area contributed by atoms with Gasteiger partial charge in [-0.15, -0.1) is 0 Å². The van der Waals surface area contributed by atoms with Crippen LogP contribution in [0.15, 0.2) is 18.2 Å².